The number of thioether (sulfide) groups is 1. The molecule has 0 unspecified atom stereocenters. The summed E-state index contributed by atoms with van der Waals surface area (Å²) >= 11 is 1.63. The van der Waals surface area contributed by atoms with Crippen LogP contribution in [0.3, 0.4) is 0 Å². The van der Waals surface area contributed by atoms with Gasteiger partial charge in [-0.1, -0.05) is 12.1 Å². The number of nitrogens with two attached hydrogens (primary N) is 1. The molecule has 9 nitrogen and oxygen atoms in total. The number of carbonyl (C=O) groups is 3. The van der Waals surface area contributed by atoms with Crippen molar-refractivity contribution in [3.05, 3.63) is 29.8 Å². The number of alkyl carbamates (subject to hydrolysis) is 1. The number of rotatable bonds is 3. The molecule has 3 fully saturated rings. The lowest BCUT2D eigenvalue weighted by Crippen LogP contribution is -2.58. The number of amides is 3. The van der Waals surface area contributed by atoms with Gasteiger partial charge in [0.2, 0.25) is 11.8 Å². The van der Waals surface area contributed by atoms with Crippen molar-refractivity contribution in [1.29, 1.82) is 5.26 Å². The minimum Gasteiger partial charge on any atom is -0.444 e. The highest BCUT2D eigenvalue weighted by molar-refractivity contribution is 7.99. The summed E-state index contributed by atoms with van der Waals surface area (Å²) in [4.78, 5) is 43.3. The van der Waals surface area contributed by atoms with E-state index in [1.165, 1.54) is 0 Å². The van der Waals surface area contributed by atoms with Crippen molar-refractivity contribution in [2.75, 3.05) is 30.3 Å². The van der Waals surface area contributed by atoms with Crippen molar-refractivity contribution in [1.82, 2.24) is 15.1 Å². The van der Waals surface area contributed by atoms with Gasteiger partial charge < -0.3 is 25.6 Å². The van der Waals surface area contributed by atoms with Crippen molar-refractivity contribution in [3.8, 4) is 6.07 Å². The fourth-order valence-electron chi connectivity index (χ4n) is 5.37. The SMILES string of the molecule is CC(C)(C)OC(=O)N[C@H]1CSCC[C@H]2CC[C@@H](C(=O)N3C[C@@H](C#N)[C@H](c4ccc(N)cc4)C3)N2C1=O. The van der Waals surface area contributed by atoms with Gasteiger partial charge in [-0.05, 0) is 63.5 Å². The summed E-state index contributed by atoms with van der Waals surface area (Å²) in [5.74, 6) is 0.505. The van der Waals surface area contributed by atoms with Crippen molar-refractivity contribution in [2.24, 2.45) is 5.92 Å². The van der Waals surface area contributed by atoms with Gasteiger partial charge >= 0.3 is 6.09 Å². The van der Waals surface area contributed by atoms with E-state index in [2.05, 4.69) is 11.4 Å². The minimum absolute atomic E-state index is 0.0375. The third-order valence-corrected chi connectivity index (χ3v) is 8.17. The van der Waals surface area contributed by atoms with E-state index in [0.717, 1.165) is 24.2 Å². The van der Waals surface area contributed by atoms with Crippen molar-refractivity contribution >= 4 is 35.4 Å². The zero-order chi connectivity index (χ0) is 26.0. The number of nitrogens with zero attached hydrogens (tertiary/aromatic N) is 3. The highest BCUT2D eigenvalue weighted by atomic mass is 32.2. The molecule has 5 atom stereocenters. The van der Waals surface area contributed by atoms with Crippen molar-refractivity contribution < 1.29 is 19.1 Å². The van der Waals surface area contributed by atoms with Crippen LogP contribution in [0.2, 0.25) is 0 Å². The maximum Gasteiger partial charge on any atom is 0.408 e. The molecule has 4 rings (SSSR count). The fraction of sp³-hybridized carbons (Fsp3) is 0.615. The molecule has 1 aromatic carbocycles. The highest BCUT2D eigenvalue weighted by Gasteiger charge is 2.47. The lowest BCUT2D eigenvalue weighted by atomic mass is 9.90. The molecule has 194 valence electrons. The Kier molecular flexibility index (Phi) is 7.69. The Bertz CT molecular complexity index is 1030. The van der Waals surface area contributed by atoms with Crippen LogP contribution in [0.25, 0.3) is 0 Å². The predicted octanol–water partition coefficient (Wildman–Crippen LogP) is 2.72. The van der Waals surface area contributed by atoms with Gasteiger partial charge in [0.25, 0.3) is 0 Å². The van der Waals surface area contributed by atoms with Crippen LogP contribution < -0.4 is 11.1 Å². The third kappa shape index (κ3) is 5.72. The monoisotopic (exact) mass is 513 g/mol. The number of anilines is 1. The number of ether oxygens (including phenoxy) is 1. The second kappa shape index (κ2) is 10.6. The quantitative estimate of drug-likeness (QED) is 0.595. The lowest BCUT2D eigenvalue weighted by molar-refractivity contribution is -0.145. The molecule has 0 aliphatic carbocycles. The van der Waals surface area contributed by atoms with Crippen LogP contribution in [0.1, 0.15) is 51.5 Å². The van der Waals surface area contributed by atoms with Crippen LogP contribution in [0.4, 0.5) is 10.5 Å². The number of nitrogen functional groups attached to an aromatic ring is 1. The Labute approximate surface area is 216 Å². The first-order valence-electron chi connectivity index (χ1n) is 12.5. The topological polar surface area (TPSA) is 129 Å². The average Bonchev–Trinajstić information content (AvgIpc) is 3.43. The number of fused-ring (bicyclic) bond motifs is 1. The van der Waals surface area contributed by atoms with E-state index < -0.39 is 23.8 Å². The number of benzene rings is 1. The van der Waals surface area contributed by atoms with Crippen molar-refractivity contribution in [2.45, 2.75) is 69.7 Å². The van der Waals surface area contributed by atoms with E-state index in [0.29, 0.717) is 31.0 Å². The van der Waals surface area contributed by atoms with Gasteiger partial charge in [0.15, 0.2) is 0 Å². The van der Waals surface area contributed by atoms with Crippen LogP contribution in [0, 0.1) is 17.2 Å². The molecule has 0 spiro atoms. The number of nitriles is 1. The molecular formula is C26H35N5O4S. The van der Waals surface area contributed by atoms with E-state index in [1.54, 1.807) is 42.3 Å². The van der Waals surface area contributed by atoms with Gasteiger partial charge in [-0.3, -0.25) is 9.59 Å². The van der Waals surface area contributed by atoms with E-state index in [9.17, 15) is 19.6 Å². The molecule has 1 aromatic rings. The summed E-state index contributed by atoms with van der Waals surface area (Å²) in [7, 11) is 0. The molecule has 10 heteroatoms. The number of hydrogen-bond acceptors (Lipinski definition) is 7. The third-order valence-electron chi connectivity index (χ3n) is 7.07. The second-order valence-electron chi connectivity index (χ2n) is 10.8. The van der Waals surface area contributed by atoms with Gasteiger partial charge in [0, 0.05) is 36.5 Å². The van der Waals surface area contributed by atoms with E-state index >= 15 is 0 Å². The van der Waals surface area contributed by atoms with E-state index in [1.807, 2.05) is 24.3 Å². The van der Waals surface area contributed by atoms with Crippen LogP contribution in [-0.4, -0.2) is 76.0 Å². The molecule has 3 aliphatic rings. The minimum atomic E-state index is -0.756. The zero-order valence-corrected chi connectivity index (χ0v) is 21.9. The average molecular weight is 514 g/mol. The number of likely N-dealkylation sites (tertiary alicyclic amines) is 1. The molecular weight excluding hydrogens is 478 g/mol. The standard InChI is InChI=1S/C26H35N5O4S/c1-26(2,3)35-25(34)29-21-15-36-11-10-19-8-9-22(31(19)23(21)32)24(33)30-13-17(12-27)20(14-30)16-4-6-18(28)7-5-16/h4-7,17,19-22H,8-11,13-15,28H2,1-3H3,(H,29,34)/t17-,19-,20+,21+,22+/m1/s1. The Morgan fingerprint density at radius 2 is 1.89 bits per heavy atom. The van der Waals surface area contributed by atoms with E-state index in [4.69, 9.17) is 10.5 Å². The van der Waals surface area contributed by atoms with Crippen molar-refractivity contribution in [3.63, 3.8) is 0 Å². The Hall–Kier alpha value is -2.93. The smallest absolute Gasteiger partial charge is 0.408 e. The molecule has 3 aliphatic heterocycles. The molecule has 3 N–H and O–H groups in total. The maximum atomic E-state index is 13.7. The maximum absolute atomic E-state index is 13.7. The van der Waals surface area contributed by atoms with Gasteiger partial charge in [-0.25, -0.2) is 4.79 Å². The van der Waals surface area contributed by atoms with Gasteiger partial charge in [0.1, 0.15) is 17.7 Å². The summed E-state index contributed by atoms with van der Waals surface area (Å²) in [6.07, 6.45) is 1.51. The normalized spacial score (nSPS) is 28.6. The number of nitrogens with one attached hydrogen (secondary N) is 1. The lowest BCUT2D eigenvalue weighted by Gasteiger charge is -2.36. The largest absolute Gasteiger partial charge is 0.444 e. The summed E-state index contributed by atoms with van der Waals surface area (Å²) in [6.45, 7) is 6.08. The first-order chi connectivity index (χ1) is 17.1. The fourth-order valence-corrected chi connectivity index (χ4v) is 6.44. The van der Waals surface area contributed by atoms with Crippen LogP contribution in [-0.2, 0) is 14.3 Å². The Morgan fingerprint density at radius 1 is 1.17 bits per heavy atom. The van der Waals surface area contributed by atoms with Crippen LogP contribution in [0.5, 0.6) is 0 Å². The molecule has 36 heavy (non-hydrogen) atoms. The highest BCUT2D eigenvalue weighted by Crippen LogP contribution is 2.36. The molecule has 0 saturated carbocycles. The number of hydrogen-bond donors (Lipinski definition) is 2. The Balaban J connectivity index is 1.50. The van der Waals surface area contributed by atoms with Gasteiger partial charge in [-0.2, -0.15) is 17.0 Å². The second-order valence-corrected chi connectivity index (χ2v) is 12.0. The van der Waals surface area contributed by atoms with Crippen LogP contribution in [0.15, 0.2) is 24.3 Å². The van der Waals surface area contributed by atoms with Gasteiger partial charge in [-0.15, -0.1) is 0 Å². The molecule has 3 heterocycles. The summed E-state index contributed by atoms with van der Waals surface area (Å²) in [6, 6.07) is 8.43. The van der Waals surface area contributed by atoms with E-state index in [-0.39, 0.29) is 29.7 Å². The Morgan fingerprint density at radius 3 is 2.56 bits per heavy atom. The molecule has 0 bridgehead atoms. The zero-order valence-electron chi connectivity index (χ0n) is 21.1. The first kappa shape index (κ1) is 26.1. The summed E-state index contributed by atoms with van der Waals surface area (Å²) in [5.41, 5.74) is 6.78. The first-order valence-corrected chi connectivity index (χ1v) is 13.7. The summed E-state index contributed by atoms with van der Waals surface area (Å²) < 4.78 is 5.37. The summed E-state index contributed by atoms with van der Waals surface area (Å²) in [5, 5.41) is 12.5. The number of carbonyl (C=O) groups excluding carboxylic acids is 3. The molecule has 0 radical (unpaired) electrons. The predicted molar refractivity (Wildman–Crippen MR) is 138 cm³/mol. The molecule has 3 saturated heterocycles. The molecule has 3 amide bonds. The van der Waals surface area contributed by atoms with Crippen LogP contribution >= 0.6 is 11.8 Å². The van der Waals surface area contributed by atoms with Gasteiger partial charge in [0.05, 0.1) is 12.0 Å². The molecule has 0 aromatic heterocycles.